The van der Waals surface area contributed by atoms with Crippen molar-refractivity contribution in [3.8, 4) is 5.75 Å². The Morgan fingerprint density at radius 3 is 2.47 bits per heavy atom. The van der Waals surface area contributed by atoms with E-state index in [1.807, 2.05) is 42.3 Å². The lowest BCUT2D eigenvalue weighted by molar-refractivity contribution is -0.134. The maximum Gasteiger partial charge on any atom is 0.260 e. The second-order valence-electron chi connectivity index (χ2n) is 5.52. The number of nitrogens with zero attached hydrogens (tertiary/aromatic N) is 1. The smallest absolute Gasteiger partial charge is 0.260 e. The largest absolute Gasteiger partial charge is 0.484 e. The number of carbonyl (C=O) groups is 1. The molecule has 1 saturated carbocycles. The molecule has 104 valence electrons. The number of ether oxygens (including phenoxy) is 1. The molecule has 1 aliphatic rings. The first-order valence-electron chi connectivity index (χ1n) is 7.10. The van der Waals surface area contributed by atoms with E-state index in [-0.39, 0.29) is 12.5 Å². The van der Waals surface area contributed by atoms with Gasteiger partial charge < -0.3 is 9.64 Å². The molecule has 0 N–H and O–H groups in total. The van der Waals surface area contributed by atoms with Gasteiger partial charge in [0.2, 0.25) is 0 Å². The number of likely N-dealkylation sites (N-methyl/N-ethyl adjacent to an activating group) is 1. The summed E-state index contributed by atoms with van der Waals surface area (Å²) in [5.41, 5.74) is 0. The number of benzene rings is 1. The maximum absolute atomic E-state index is 12.1. The van der Waals surface area contributed by atoms with Crippen LogP contribution in [0.3, 0.4) is 0 Å². The van der Waals surface area contributed by atoms with Crippen LogP contribution in [-0.4, -0.2) is 30.5 Å². The fraction of sp³-hybridized carbons (Fsp3) is 0.562. The molecule has 3 heteroatoms. The zero-order valence-corrected chi connectivity index (χ0v) is 11.8. The zero-order chi connectivity index (χ0) is 13.7. The summed E-state index contributed by atoms with van der Waals surface area (Å²) in [7, 11) is 1.90. The van der Waals surface area contributed by atoms with Crippen LogP contribution in [0, 0.1) is 5.92 Å². The van der Waals surface area contributed by atoms with Crippen LogP contribution in [0.25, 0.3) is 0 Å². The fourth-order valence-electron chi connectivity index (χ4n) is 2.60. The first-order valence-corrected chi connectivity index (χ1v) is 7.10. The van der Waals surface area contributed by atoms with Crippen LogP contribution in [0.4, 0.5) is 0 Å². The average Bonchev–Trinajstić information content (AvgIpc) is 2.46. The van der Waals surface area contributed by atoms with Crippen LogP contribution >= 0.6 is 0 Å². The quantitative estimate of drug-likeness (QED) is 0.833. The van der Waals surface area contributed by atoms with Crippen molar-refractivity contribution in [1.82, 2.24) is 4.90 Å². The Balaban J connectivity index is 1.79. The molecule has 1 fully saturated rings. The molecule has 0 spiro atoms. The summed E-state index contributed by atoms with van der Waals surface area (Å²) in [6.07, 6.45) is 4.69. The second-order valence-corrected chi connectivity index (χ2v) is 5.52. The Kier molecular flexibility index (Phi) is 4.83. The van der Waals surface area contributed by atoms with Gasteiger partial charge in [0.1, 0.15) is 5.75 Å². The molecule has 0 aliphatic heterocycles. The van der Waals surface area contributed by atoms with Gasteiger partial charge in [-0.1, -0.05) is 25.1 Å². The zero-order valence-electron chi connectivity index (χ0n) is 11.8. The van der Waals surface area contributed by atoms with Gasteiger partial charge >= 0.3 is 0 Å². The monoisotopic (exact) mass is 261 g/mol. The summed E-state index contributed by atoms with van der Waals surface area (Å²) in [5, 5.41) is 0. The molecule has 1 aromatic carbocycles. The van der Waals surface area contributed by atoms with Crippen molar-refractivity contribution in [3.05, 3.63) is 30.3 Å². The topological polar surface area (TPSA) is 29.5 Å². The Bertz CT molecular complexity index is 396. The molecule has 0 aromatic heterocycles. The van der Waals surface area contributed by atoms with E-state index >= 15 is 0 Å². The highest BCUT2D eigenvalue weighted by Gasteiger charge is 2.24. The van der Waals surface area contributed by atoms with Gasteiger partial charge in [-0.3, -0.25) is 4.79 Å². The number of rotatable bonds is 4. The number of amides is 1. The SMILES string of the molecule is CC1CCC(N(C)C(=O)COc2ccccc2)CC1. The third-order valence-electron chi connectivity index (χ3n) is 4.03. The van der Waals surface area contributed by atoms with Crippen LogP contribution in [0.1, 0.15) is 32.6 Å². The molecule has 3 nitrogen and oxygen atoms in total. The third-order valence-corrected chi connectivity index (χ3v) is 4.03. The van der Waals surface area contributed by atoms with Crippen molar-refractivity contribution in [2.24, 2.45) is 5.92 Å². The van der Waals surface area contributed by atoms with E-state index in [1.165, 1.54) is 12.8 Å². The fourth-order valence-corrected chi connectivity index (χ4v) is 2.60. The molecular weight excluding hydrogens is 238 g/mol. The van der Waals surface area contributed by atoms with Crippen molar-refractivity contribution in [3.63, 3.8) is 0 Å². The Labute approximate surface area is 115 Å². The van der Waals surface area contributed by atoms with E-state index < -0.39 is 0 Å². The molecule has 1 aliphatic carbocycles. The number of hydrogen-bond donors (Lipinski definition) is 0. The lowest BCUT2D eigenvalue weighted by Crippen LogP contribution is -2.41. The first kappa shape index (κ1) is 13.9. The maximum atomic E-state index is 12.1. The first-order chi connectivity index (χ1) is 9.16. The van der Waals surface area contributed by atoms with Crippen LogP contribution in [0.2, 0.25) is 0 Å². The number of para-hydroxylation sites is 1. The normalized spacial score (nSPS) is 22.8. The predicted octanol–water partition coefficient (Wildman–Crippen LogP) is 3.10. The molecule has 0 heterocycles. The molecule has 0 saturated heterocycles. The van der Waals surface area contributed by atoms with E-state index in [9.17, 15) is 4.79 Å². The minimum absolute atomic E-state index is 0.0726. The van der Waals surface area contributed by atoms with Crippen molar-refractivity contribution >= 4 is 5.91 Å². The Morgan fingerprint density at radius 1 is 1.21 bits per heavy atom. The number of carbonyl (C=O) groups excluding carboxylic acids is 1. The lowest BCUT2D eigenvalue weighted by atomic mass is 9.87. The van der Waals surface area contributed by atoms with Gasteiger partial charge in [0.15, 0.2) is 6.61 Å². The summed E-state index contributed by atoms with van der Waals surface area (Å²) in [4.78, 5) is 14.0. The van der Waals surface area contributed by atoms with E-state index in [0.29, 0.717) is 6.04 Å². The van der Waals surface area contributed by atoms with E-state index in [1.54, 1.807) is 0 Å². The Morgan fingerprint density at radius 2 is 1.84 bits per heavy atom. The van der Waals surface area contributed by atoms with Gasteiger partial charge in [0.25, 0.3) is 5.91 Å². The van der Waals surface area contributed by atoms with Gasteiger partial charge in [-0.15, -0.1) is 0 Å². The summed E-state index contributed by atoms with van der Waals surface area (Å²) in [5.74, 6) is 1.63. The van der Waals surface area contributed by atoms with Crippen LogP contribution in [0.5, 0.6) is 5.75 Å². The molecule has 0 radical (unpaired) electrons. The lowest BCUT2D eigenvalue weighted by Gasteiger charge is -2.33. The highest BCUT2D eigenvalue weighted by molar-refractivity contribution is 5.77. The second kappa shape index (κ2) is 6.60. The van der Waals surface area contributed by atoms with Gasteiger partial charge in [-0.25, -0.2) is 0 Å². The molecular formula is C16H23NO2. The highest BCUT2D eigenvalue weighted by Crippen LogP contribution is 2.26. The van der Waals surface area contributed by atoms with Crippen molar-refractivity contribution in [2.45, 2.75) is 38.6 Å². The summed E-state index contributed by atoms with van der Waals surface area (Å²) in [6, 6.07) is 9.89. The van der Waals surface area contributed by atoms with Crippen LogP contribution in [0.15, 0.2) is 30.3 Å². The molecule has 2 rings (SSSR count). The molecule has 19 heavy (non-hydrogen) atoms. The third kappa shape index (κ3) is 3.98. The van der Waals surface area contributed by atoms with Crippen LogP contribution < -0.4 is 4.74 Å². The molecule has 0 atom stereocenters. The predicted molar refractivity (Wildman–Crippen MR) is 76.1 cm³/mol. The van der Waals surface area contributed by atoms with Crippen molar-refractivity contribution in [1.29, 1.82) is 0 Å². The summed E-state index contributed by atoms with van der Waals surface area (Å²) < 4.78 is 5.51. The number of hydrogen-bond acceptors (Lipinski definition) is 2. The van der Waals surface area contributed by atoms with Gasteiger partial charge in [0.05, 0.1) is 0 Å². The average molecular weight is 261 g/mol. The van der Waals surface area contributed by atoms with Gasteiger partial charge in [-0.2, -0.15) is 0 Å². The molecule has 1 aromatic rings. The Hall–Kier alpha value is -1.51. The van der Waals surface area contributed by atoms with E-state index in [0.717, 1.165) is 24.5 Å². The van der Waals surface area contributed by atoms with Gasteiger partial charge in [0, 0.05) is 13.1 Å². The molecule has 1 amide bonds. The molecule has 0 bridgehead atoms. The van der Waals surface area contributed by atoms with Crippen molar-refractivity contribution in [2.75, 3.05) is 13.7 Å². The van der Waals surface area contributed by atoms with E-state index in [4.69, 9.17) is 4.74 Å². The molecule has 0 unspecified atom stereocenters. The minimum Gasteiger partial charge on any atom is -0.484 e. The summed E-state index contributed by atoms with van der Waals surface area (Å²) in [6.45, 7) is 2.42. The van der Waals surface area contributed by atoms with E-state index in [2.05, 4.69) is 6.92 Å². The van der Waals surface area contributed by atoms with Crippen LogP contribution in [-0.2, 0) is 4.79 Å². The van der Waals surface area contributed by atoms with Gasteiger partial charge in [-0.05, 0) is 43.7 Å². The highest BCUT2D eigenvalue weighted by atomic mass is 16.5. The summed E-state index contributed by atoms with van der Waals surface area (Å²) >= 11 is 0. The standard InChI is InChI=1S/C16H23NO2/c1-13-8-10-14(11-9-13)17(2)16(18)12-19-15-6-4-3-5-7-15/h3-7,13-14H,8-12H2,1-2H3. The minimum atomic E-state index is 0.0726. The van der Waals surface area contributed by atoms with Crippen molar-refractivity contribution < 1.29 is 9.53 Å².